The highest BCUT2D eigenvalue weighted by molar-refractivity contribution is 7.33. The second-order valence-electron chi connectivity index (χ2n) is 4.96. The first-order chi connectivity index (χ1) is 11.3. The summed E-state index contributed by atoms with van der Waals surface area (Å²) in [6.45, 7) is -0.613. The van der Waals surface area contributed by atoms with Crippen molar-refractivity contribution in [1.29, 1.82) is 0 Å². The van der Waals surface area contributed by atoms with Gasteiger partial charge in [-0.3, -0.25) is 9.13 Å². The first-order valence-corrected chi connectivity index (χ1v) is 10.1. The van der Waals surface area contributed by atoms with Crippen LogP contribution in [0, 0.1) is 0 Å². The SMILES string of the molecule is CO[PH](=O)OCC(O)(CCc1ccc(Cl)c(Cl)c1)CO[PH](=O)OC. The van der Waals surface area contributed by atoms with Crippen molar-refractivity contribution < 1.29 is 32.3 Å². The normalized spacial score (nSPS) is 16.5. The highest BCUT2D eigenvalue weighted by Gasteiger charge is 2.29. The Morgan fingerprint density at radius 2 is 1.58 bits per heavy atom. The second kappa shape index (κ2) is 10.9. The largest absolute Gasteiger partial charge is 0.385 e. The molecule has 1 rings (SSSR count). The van der Waals surface area contributed by atoms with Crippen molar-refractivity contribution in [2.24, 2.45) is 0 Å². The fourth-order valence-corrected chi connectivity index (χ4v) is 3.09. The van der Waals surface area contributed by atoms with Crippen LogP contribution in [0.2, 0.25) is 10.0 Å². The van der Waals surface area contributed by atoms with Crippen molar-refractivity contribution in [2.45, 2.75) is 18.4 Å². The van der Waals surface area contributed by atoms with Crippen LogP contribution in [0.3, 0.4) is 0 Å². The first-order valence-electron chi connectivity index (χ1n) is 6.87. The molecule has 0 saturated heterocycles. The van der Waals surface area contributed by atoms with Crippen molar-refractivity contribution >= 4 is 39.7 Å². The zero-order valence-corrected chi connectivity index (χ0v) is 16.7. The zero-order valence-electron chi connectivity index (χ0n) is 13.2. The van der Waals surface area contributed by atoms with E-state index < -0.39 is 22.1 Å². The van der Waals surface area contributed by atoms with E-state index in [1.807, 2.05) is 0 Å². The molecule has 0 radical (unpaired) electrons. The molecule has 0 amide bonds. The van der Waals surface area contributed by atoms with Gasteiger partial charge in [0.2, 0.25) is 0 Å². The standard InChI is InChI=1S/C13H20Cl2O7P2/c1-19-23(17)21-8-13(16,9-22-24(18)20-2)6-5-10-3-4-11(14)12(15)7-10/h3-4,7,16,23-24H,5-6,8-9H2,1-2H3. The summed E-state index contributed by atoms with van der Waals surface area (Å²) >= 11 is 11.8. The molecule has 24 heavy (non-hydrogen) atoms. The molecule has 0 aromatic heterocycles. The Hall–Kier alpha value is 0.0600. The molecule has 1 N–H and O–H groups in total. The van der Waals surface area contributed by atoms with Gasteiger partial charge >= 0.3 is 16.5 Å². The monoisotopic (exact) mass is 420 g/mol. The molecule has 2 atom stereocenters. The number of hydrogen-bond acceptors (Lipinski definition) is 7. The lowest BCUT2D eigenvalue weighted by molar-refractivity contribution is -0.0474. The van der Waals surface area contributed by atoms with Crippen LogP contribution in [0.25, 0.3) is 0 Å². The predicted octanol–water partition coefficient (Wildman–Crippen LogP) is 3.76. The minimum Gasteiger partial charge on any atom is -0.385 e. The lowest BCUT2D eigenvalue weighted by atomic mass is 9.96. The molecule has 0 fully saturated rings. The summed E-state index contributed by atoms with van der Waals surface area (Å²) in [7, 11) is -2.94. The maximum Gasteiger partial charge on any atom is 0.318 e. The molecule has 1 aromatic rings. The van der Waals surface area contributed by atoms with Gasteiger partial charge in [-0.05, 0) is 30.5 Å². The average Bonchev–Trinajstić information content (AvgIpc) is 2.58. The maximum absolute atomic E-state index is 11.3. The second-order valence-corrected chi connectivity index (χ2v) is 8.17. The molecule has 0 bridgehead atoms. The Kier molecular flexibility index (Phi) is 10.1. The van der Waals surface area contributed by atoms with Gasteiger partial charge in [0.05, 0.1) is 23.3 Å². The first kappa shape index (κ1) is 22.1. The summed E-state index contributed by atoms with van der Waals surface area (Å²) in [4.78, 5) is 0. The van der Waals surface area contributed by atoms with Crippen LogP contribution < -0.4 is 0 Å². The number of aliphatic hydroxyl groups is 1. The van der Waals surface area contributed by atoms with E-state index in [1.54, 1.807) is 18.2 Å². The van der Waals surface area contributed by atoms with Crippen molar-refractivity contribution in [3.63, 3.8) is 0 Å². The lowest BCUT2D eigenvalue weighted by Crippen LogP contribution is -2.39. The van der Waals surface area contributed by atoms with Gasteiger partial charge in [0, 0.05) is 14.2 Å². The highest BCUT2D eigenvalue weighted by atomic mass is 35.5. The van der Waals surface area contributed by atoms with Gasteiger partial charge in [-0.25, -0.2) is 0 Å². The fourth-order valence-electron chi connectivity index (χ4n) is 1.76. The molecule has 0 aliphatic heterocycles. The summed E-state index contributed by atoms with van der Waals surface area (Å²) in [6, 6.07) is 5.10. The number of rotatable bonds is 11. The molecule has 11 heteroatoms. The Morgan fingerprint density at radius 3 is 2.04 bits per heavy atom. The minimum absolute atomic E-state index is 0.183. The summed E-state index contributed by atoms with van der Waals surface area (Å²) in [5.74, 6) is 0. The molecule has 0 spiro atoms. The summed E-state index contributed by atoms with van der Waals surface area (Å²) in [5, 5.41) is 11.5. The van der Waals surface area contributed by atoms with Gasteiger partial charge in [0.25, 0.3) is 0 Å². The van der Waals surface area contributed by atoms with E-state index in [-0.39, 0.29) is 19.6 Å². The summed E-state index contributed by atoms with van der Waals surface area (Å²) < 4.78 is 41.6. The molecule has 0 aliphatic rings. The Balaban J connectivity index is 2.73. The van der Waals surface area contributed by atoms with Crippen LogP contribution in [0.5, 0.6) is 0 Å². The molecule has 0 aliphatic carbocycles. The van der Waals surface area contributed by atoms with E-state index in [2.05, 4.69) is 9.05 Å². The van der Waals surface area contributed by atoms with Gasteiger partial charge < -0.3 is 23.2 Å². The Morgan fingerprint density at radius 1 is 1.04 bits per heavy atom. The van der Waals surface area contributed by atoms with Crippen molar-refractivity contribution in [3.8, 4) is 0 Å². The Labute approximate surface area is 152 Å². The van der Waals surface area contributed by atoms with Crippen LogP contribution in [-0.4, -0.2) is 38.1 Å². The summed E-state index contributed by atoms with van der Waals surface area (Å²) in [5.41, 5.74) is -0.689. The molecular formula is C13H20Cl2O7P2. The molecule has 0 heterocycles. The van der Waals surface area contributed by atoms with Gasteiger partial charge in [-0.15, -0.1) is 0 Å². The molecule has 138 valence electrons. The van der Waals surface area contributed by atoms with E-state index in [1.165, 1.54) is 14.2 Å². The third-order valence-corrected chi connectivity index (χ3v) is 5.28. The number of hydrogen-bond donors (Lipinski definition) is 1. The molecule has 7 nitrogen and oxygen atoms in total. The molecule has 2 unspecified atom stereocenters. The number of aryl methyl sites for hydroxylation is 1. The fraction of sp³-hybridized carbons (Fsp3) is 0.538. The molecule has 1 aromatic carbocycles. The third kappa shape index (κ3) is 7.96. The van der Waals surface area contributed by atoms with E-state index in [9.17, 15) is 14.2 Å². The van der Waals surface area contributed by atoms with Crippen molar-refractivity contribution in [2.75, 3.05) is 27.4 Å². The number of benzene rings is 1. The van der Waals surface area contributed by atoms with Gasteiger partial charge in [0.1, 0.15) is 5.60 Å². The Bertz CT molecular complexity index is 565. The van der Waals surface area contributed by atoms with Crippen molar-refractivity contribution in [1.82, 2.24) is 0 Å². The zero-order chi connectivity index (χ0) is 18.2. The van der Waals surface area contributed by atoms with Crippen LogP contribution >= 0.6 is 39.7 Å². The molecule has 0 saturated carbocycles. The van der Waals surface area contributed by atoms with Gasteiger partial charge in [-0.1, -0.05) is 29.3 Å². The van der Waals surface area contributed by atoms with E-state index in [4.69, 9.17) is 32.2 Å². The van der Waals surface area contributed by atoms with Crippen LogP contribution in [-0.2, 0) is 33.6 Å². The van der Waals surface area contributed by atoms with Crippen LogP contribution in [0.4, 0.5) is 0 Å². The molecular weight excluding hydrogens is 401 g/mol. The minimum atomic E-state index is -2.70. The predicted molar refractivity (Wildman–Crippen MR) is 93.7 cm³/mol. The topological polar surface area (TPSA) is 91.3 Å². The van der Waals surface area contributed by atoms with Crippen molar-refractivity contribution in [3.05, 3.63) is 33.8 Å². The van der Waals surface area contributed by atoms with E-state index in [0.717, 1.165) is 5.56 Å². The highest BCUT2D eigenvalue weighted by Crippen LogP contribution is 2.30. The lowest BCUT2D eigenvalue weighted by Gasteiger charge is -2.27. The average molecular weight is 421 g/mol. The van der Waals surface area contributed by atoms with Crippen LogP contribution in [0.15, 0.2) is 18.2 Å². The third-order valence-electron chi connectivity index (χ3n) is 3.11. The van der Waals surface area contributed by atoms with Gasteiger partial charge in [-0.2, -0.15) is 0 Å². The van der Waals surface area contributed by atoms with E-state index in [0.29, 0.717) is 16.5 Å². The quantitative estimate of drug-likeness (QED) is 0.544. The maximum atomic E-state index is 11.3. The van der Waals surface area contributed by atoms with Gasteiger partial charge in [0.15, 0.2) is 0 Å². The summed E-state index contributed by atoms with van der Waals surface area (Å²) in [6.07, 6.45) is 0.602. The smallest absolute Gasteiger partial charge is 0.318 e. The number of halogens is 2. The van der Waals surface area contributed by atoms with E-state index >= 15 is 0 Å². The van der Waals surface area contributed by atoms with Crippen LogP contribution in [0.1, 0.15) is 12.0 Å².